The summed E-state index contributed by atoms with van der Waals surface area (Å²) in [6.07, 6.45) is 0. The van der Waals surface area contributed by atoms with Crippen LogP contribution in [0, 0.1) is 18.6 Å². The standard InChI is InChI=1S/C14H8Br2F2O/c1-7-4-11(16)9(6-10(7)15)14(19)8-2-3-12(17)13(18)5-8/h2-6H,1H3. The lowest BCUT2D eigenvalue weighted by Crippen LogP contribution is -2.04. The van der Waals surface area contributed by atoms with Gasteiger partial charge in [-0.25, -0.2) is 8.78 Å². The van der Waals surface area contributed by atoms with Crippen molar-refractivity contribution in [1.29, 1.82) is 0 Å². The fourth-order valence-corrected chi connectivity index (χ4v) is 2.59. The molecule has 2 aromatic rings. The zero-order valence-corrected chi connectivity index (χ0v) is 13.0. The Morgan fingerprint density at radius 3 is 2.32 bits per heavy atom. The van der Waals surface area contributed by atoms with Crippen LogP contribution in [0.25, 0.3) is 0 Å². The fourth-order valence-electron chi connectivity index (χ4n) is 1.61. The Balaban J connectivity index is 2.49. The highest BCUT2D eigenvalue weighted by Crippen LogP contribution is 2.27. The summed E-state index contributed by atoms with van der Waals surface area (Å²) in [6, 6.07) is 6.55. The van der Waals surface area contributed by atoms with E-state index in [2.05, 4.69) is 31.9 Å². The molecule has 0 saturated heterocycles. The zero-order valence-electron chi connectivity index (χ0n) is 9.81. The largest absolute Gasteiger partial charge is 0.289 e. The van der Waals surface area contributed by atoms with E-state index >= 15 is 0 Å². The van der Waals surface area contributed by atoms with Crippen molar-refractivity contribution in [3.8, 4) is 0 Å². The van der Waals surface area contributed by atoms with Crippen LogP contribution in [-0.2, 0) is 0 Å². The van der Waals surface area contributed by atoms with Crippen molar-refractivity contribution in [2.75, 3.05) is 0 Å². The van der Waals surface area contributed by atoms with Gasteiger partial charge in [0.05, 0.1) is 0 Å². The molecule has 98 valence electrons. The summed E-state index contributed by atoms with van der Waals surface area (Å²) in [5.74, 6) is -2.37. The molecule has 0 aliphatic heterocycles. The lowest BCUT2D eigenvalue weighted by molar-refractivity contribution is 0.103. The highest BCUT2D eigenvalue weighted by Gasteiger charge is 2.16. The van der Waals surface area contributed by atoms with Crippen LogP contribution in [0.15, 0.2) is 39.3 Å². The van der Waals surface area contributed by atoms with Crippen LogP contribution in [0.1, 0.15) is 21.5 Å². The van der Waals surface area contributed by atoms with Crippen LogP contribution >= 0.6 is 31.9 Å². The molecule has 0 amide bonds. The Morgan fingerprint density at radius 1 is 1.00 bits per heavy atom. The van der Waals surface area contributed by atoms with Gasteiger partial charge in [0.2, 0.25) is 0 Å². The van der Waals surface area contributed by atoms with Crippen molar-refractivity contribution in [2.45, 2.75) is 6.92 Å². The summed E-state index contributed by atoms with van der Waals surface area (Å²) in [6.45, 7) is 1.89. The van der Waals surface area contributed by atoms with E-state index in [9.17, 15) is 13.6 Å². The third-order valence-corrected chi connectivity index (χ3v) is 4.19. The normalized spacial score (nSPS) is 10.6. The van der Waals surface area contributed by atoms with Crippen molar-refractivity contribution in [3.05, 3.63) is 67.6 Å². The predicted molar refractivity (Wildman–Crippen MR) is 76.4 cm³/mol. The molecule has 0 radical (unpaired) electrons. The molecular weight excluding hydrogens is 382 g/mol. The first-order valence-corrected chi connectivity index (χ1v) is 6.94. The SMILES string of the molecule is Cc1cc(Br)c(C(=O)c2ccc(F)c(F)c2)cc1Br. The van der Waals surface area contributed by atoms with E-state index in [0.717, 1.165) is 22.2 Å². The molecule has 0 aromatic heterocycles. The van der Waals surface area contributed by atoms with Crippen molar-refractivity contribution < 1.29 is 13.6 Å². The van der Waals surface area contributed by atoms with E-state index in [-0.39, 0.29) is 11.3 Å². The van der Waals surface area contributed by atoms with E-state index in [0.29, 0.717) is 10.0 Å². The highest BCUT2D eigenvalue weighted by molar-refractivity contribution is 9.11. The van der Waals surface area contributed by atoms with Crippen LogP contribution in [0.2, 0.25) is 0 Å². The summed E-state index contributed by atoms with van der Waals surface area (Å²) in [5, 5.41) is 0. The second-order valence-corrected chi connectivity index (χ2v) is 5.75. The first-order valence-electron chi connectivity index (χ1n) is 5.35. The van der Waals surface area contributed by atoms with Gasteiger partial charge in [0.1, 0.15) is 0 Å². The van der Waals surface area contributed by atoms with Crippen molar-refractivity contribution >= 4 is 37.6 Å². The number of hydrogen-bond acceptors (Lipinski definition) is 1. The molecule has 0 unspecified atom stereocenters. The fraction of sp³-hybridized carbons (Fsp3) is 0.0714. The second kappa shape index (κ2) is 5.51. The highest BCUT2D eigenvalue weighted by atomic mass is 79.9. The minimum Gasteiger partial charge on any atom is -0.289 e. The molecule has 19 heavy (non-hydrogen) atoms. The number of hydrogen-bond donors (Lipinski definition) is 0. The van der Waals surface area contributed by atoms with Gasteiger partial charge in [0, 0.05) is 20.1 Å². The van der Waals surface area contributed by atoms with Gasteiger partial charge in [-0.1, -0.05) is 31.9 Å². The molecule has 0 saturated carbocycles. The lowest BCUT2D eigenvalue weighted by Gasteiger charge is -2.07. The van der Waals surface area contributed by atoms with Crippen molar-refractivity contribution in [3.63, 3.8) is 0 Å². The van der Waals surface area contributed by atoms with E-state index in [1.54, 1.807) is 12.1 Å². The Hall–Kier alpha value is -1.07. The number of rotatable bonds is 2. The van der Waals surface area contributed by atoms with E-state index in [1.165, 1.54) is 6.07 Å². The number of ketones is 1. The Labute approximate surface area is 125 Å². The Kier molecular flexibility index (Phi) is 4.16. The van der Waals surface area contributed by atoms with Gasteiger partial charge in [-0.15, -0.1) is 0 Å². The van der Waals surface area contributed by atoms with Crippen LogP contribution in [0.3, 0.4) is 0 Å². The maximum Gasteiger partial charge on any atom is 0.194 e. The van der Waals surface area contributed by atoms with Crippen LogP contribution in [0.4, 0.5) is 8.78 Å². The van der Waals surface area contributed by atoms with Crippen LogP contribution < -0.4 is 0 Å². The molecule has 5 heteroatoms. The zero-order chi connectivity index (χ0) is 14.2. The number of halogens is 4. The minimum absolute atomic E-state index is 0.107. The van der Waals surface area contributed by atoms with E-state index in [1.807, 2.05) is 6.92 Å². The number of carbonyl (C=O) groups is 1. The molecule has 0 fully saturated rings. The minimum atomic E-state index is -1.03. The molecule has 2 aromatic carbocycles. The van der Waals surface area contributed by atoms with Gasteiger partial charge in [0.25, 0.3) is 0 Å². The molecule has 0 aliphatic carbocycles. The van der Waals surface area contributed by atoms with Gasteiger partial charge in [-0.3, -0.25) is 4.79 Å². The summed E-state index contributed by atoms with van der Waals surface area (Å²) in [4.78, 5) is 12.3. The second-order valence-electron chi connectivity index (χ2n) is 4.04. The molecule has 0 aliphatic rings. The molecule has 1 nitrogen and oxygen atoms in total. The van der Waals surface area contributed by atoms with Crippen molar-refractivity contribution in [1.82, 2.24) is 0 Å². The van der Waals surface area contributed by atoms with Crippen molar-refractivity contribution in [2.24, 2.45) is 0 Å². The summed E-state index contributed by atoms with van der Waals surface area (Å²) < 4.78 is 27.4. The first kappa shape index (κ1) is 14.3. The molecular formula is C14H8Br2F2O. The predicted octanol–water partition coefficient (Wildman–Crippen LogP) is 5.03. The quantitative estimate of drug-likeness (QED) is 0.658. The third-order valence-electron chi connectivity index (χ3n) is 2.67. The summed E-state index contributed by atoms with van der Waals surface area (Å²) >= 11 is 6.64. The Bertz CT molecular complexity index is 669. The van der Waals surface area contributed by atoms with Gasteiger partial charge in [-0.05, 0) is 42.8 Å². The molecule has 0 bridgehead atoms. The lowest BCUT2D eigenvalue weighted by atomic mass is 10.0. The molecule has 0 N–H and O–H groups in total. The van der Waals surface area contributed by atoms with Gasteiger partial charge >= 0.3 is 0 Å². The molecule has 0 heterocycles. The maximum absolute atomic E-state index is 13.2. The number of carbonyl (C=O) groups excluding carboxylic acids is 1. The van der Waals surface area contributed by atoms with Crippen LogP contribution in [-0.4, -0.2) is 5.78 Å². The van der Waals surface area contributed by atoms with E-state index < -0.39 is 11.6 Å². The maximum atomic E-state index is 13.2. The van der Waals surface area contributed by atoms with Gasteiger partial charge < -0.3 is 0 Å². The third kappa shape index (κ3) is 2.92. The topological polar surface area (TPSA) is 17.1 Å². The Morgan fingerprint density at radius 2 is 1.68 bits per heavy atom. The molecule has 2 rings (SSSR count). The van der Waals surface area contributed by atoms with Gasteiger partial charge in [-0.2, -0.15) is 0 Å². The smallest absolute Gasteiger partial charge is 0.194 e. The first-order chi connectivity index (χ1) is 8.90. The number of aryl methyl sites for hydroxylation is 1. The average Bonchev–Trinajstić information content (AvgIpc) is 2.36. The monoisotopic (exact) mass is 388 g/mol. The number of benzene rings is 2. The van der Waals surface area contributed by atoms with Crippen LogP contribution in [0.5, 0.6) is 0 Å². The summed E-state index contributed by atoms with van der Waals surface area (Å²) in [5.41, 5.74) is 1.47. The van der Waals surface area contributed by atoms with Gasteiger partial charge in [0.15, 0.2) is 17.4 Å². The summed E-state index contributed by atoms with van der Waals surface area (Å²) in [7, 11) is 0. The van der Waals surface area contributed by atoms with E-state index in [4.69, 9.17) is 0 Å². The molecule has 0 spiro atoms. The average molecular weight is 390 g/mol. The molecule has 0 atom stereocenters.